The van der Waals surface area contributed by atoms with Gasteiger partial charge in [0.05, 0.1) is 6.61 Å². The van der Waals surface area contributed by atoms with Gasteiger partial charge in [-0.15, -0.1) is 0 Å². The summed E-state index contributed by atoms with van der Waals surface area (Å²) in [6.07, 6.45) is 2.05. The van der Waals surface area contributed by atoms with E-state index in [1.165, 1.54) is 0 Å². The molecular formula is C14H23N5O2. The molecule has 7 nitrogen and oxygen atoms in total. The third-order valence-corrected chi connectivity index (χ3v) is 2.65. The molecule has 1 heterocycles. The maximum Gasteiger partial charge on any atom is 0.227 e. The maximum atomic E-state index is 11.8. The molecule has 0 saturated heterocycles. The summed E-state index contributed by atoms with van der Waals surface area (Å²) in [6.45, 7) is 3.70. The molecule has 1 aromatic heterocycles. The van der Waals surface area contributed by atoms with Gasteiger partial charge in [-0.1, -0.05) is 6.07 Å². The summed E-state index contributed by atoms with van der Waals surface area (Å²) in [5.74, 6) is 1.12. The molecule has 0 bridgehead atoms. The minimum absolute atomic E-state index is 0.0915. The number of carbonyl (C=O) groups is 1. The normalized spacial score (nSPS) is 11.1. The van der Waals surface area contributed by atoms with Gasteiger partial charge < -0.3 is 20.7 Å². The highest BCUT2D eigenvalue weighted by atomic mass is 16.5. The Bertz CT molecular complexity index is 459. The molecule has 3 N–H and O–H groups in total. The highest BCUT2D eigenvalue weighted by Gasteiger charge is 2.04. The van der Waals surface area contributed by atoms with E-state index in [2.05, 4.69) is 25.9 Å². The van der Waals surface area contributed by atoms with Crippen LogP contribution in [0.25, 0.3) is 0 Å². The molecule has 1 amide bonds. The lowest BCUT2D eigenvalue weighted by Gasteiger charge is -2.11. The third kappa shape index (κ3) is 7.26. The number of amides is 1. The molecule has 0 aliphatic heterocycles. The Kier molecular flexibility index (Phi) is 7.81. The number of methoxy groups -OCH3 is 1. The molecule has 7 heteroatoms. The van der Waals surface area contributed by atoms with Crippen molar-refractivity contribution in [2.45, 2.75) is 13.3 Å². The van der Waals surface area contributed by atoms with E-state index in [0.29, 0.717) is 37.9 Å². The molecule has 0 spiro atoms. The summed E-state index contributed by atoms with van der Waals surface area (Å²) >= 11 is 0. The van der Waals surface area contributed by atoms with Crippen molar-refractivity contribution < 1.29 is 9.53 Å². The van der Waals surface area contributed by atoms with Crippen molar-refractivity contribution in [2.75, 3.05) is 39.2 Å². The quantitative estimate of drug-likeness (QED) is 0.388. The van der Waals surface area contributed by atoms with E-state index in [0.717, 1.165) is 5.56 Å². The van der Waals surface area contributed by atoms with Crippen molar-refractivity contribution in [1.29, 1.82) is 0 Å². The monoisotopic (exact) mass is 293 g/mol. The average molecular weight is 293 g/mol. The predicted octanol–water partition coefficient (Wildman–Crippen LogP) is 0.530. The van der Waals surface area contributed by atoms with E-state index in [-0.39, 0.29) is 5.91 Å². The minimum Gasteiger partial charge on any atom is -0.383 e. The number of rotatable bonds is 7. The fourth-order valence-corrected chi connectivity index (χ4v) is 1.53. The molecule has 0 saturated carbocycles. The Morgan fingerprint density at radius 2 is 2.10 bits per heavy atom. The van der Waals surface area contributed by atoms with Crippen LogP contribution in [-0.2, 0) is 9.53 Å². The largest absolute Gasteiger partial charge is 0.383 e. The summed E-state index contributed by atoms with van der Waals surface area (Å²) in [4.78, 5) is 19.9. The van der Waals surface area contributed by atoms with Gasteiger partial charge in [0.15, 0.2) is 5.96 Å². The Morgan fingerprint density at radius 3 is 2.71 bits per heavy atom. The fourth-order valence-electron chi connectivity index (χ4n) is 1.53. The number of hydrogen-bond donors (Lipinski definition) is 3. The number of nitrogens with zero attached hydrogens (tertiary/aromatic N) is 2. The number of ether oxygens (including phenoxy) is 1. The number of aliphatic imine (C=N–C) groups is 1. The van der Waals surface area contributed by atoms with Gasteiger partial charge >= 0.3 is 0 Å². The summed E-state index contributed by atoms with van der Waals surface area (Å²) in [5.41, 5.74) is 1.06. The summed E-state index contributed by atoms with van der Waals surface area (Å²) in [7, 11) is 3.32. The van der Waals surface area contributed by atoms with Crippen molar-refractivity contribution >= 4 is 17.7 Å². The first-order chi connectivity index (χ1) is 10.2. The lowest BCUT2D eigenvalue weighted by atomic mass is 10.3. The Hall–Kier alpha value is -2.15. The van der Waals surface area contributed by atoms with Crippen molar-refractivity contribution in [1.82, 2.24) is 15.6 Å². The number of guanidine groups is 1. The van der Waals surface area contributed by atoms with Crippen LogP contribution in [0.2, 0.25) is 0 Å². The van der Waals surface area contributed by atoms with Gasteiger partial charge in [0, 0.05) is 39.9 Å². The van der Waals surface area contributed by atoms with Gasteiger partial charge in [-0.05, 0) is 18.6 Å². The molecule has 0 aliphatic rings. The van der Waals surface area contributed by atoms with E-state index in [4.69, 9.17) is 4.74 Å². The summed E-state index contributed by atoms with van der Waals surface area (Å²) in [6, 6.07) is 3.69. The number of nitrogens with one attached hydrogen (secondary N) is 3. The zero-order valence-electron chi connectivity index (χ0n) is 12.8. The van der Waals surface area contributed by atoms with Crippen molar-refractivity contribution in [3.05, 3.63) is 23.9 Å². The zero-order chi connectivity index (χ0) is 15.5. The minimum atomic E-state index is -0.0915. The molecule has 21 heavy (non-hydrogen) atoms. The lowest BCUT2D eigenvalue weighted by Crippen LogP contribution is -2.40. The van der Waals surface area contributed by atoms with Crippen LogP contribution < -0.4 is 16.0 Å². The van der Waals surface area contributed by atoms with E-state index < -0.39 is 0 Å². The van der Waals surface area contributed by atoms with Crippen LogP contribution in [0.3, 0.4) is 0 Å². The number of aromatic nitrogens is 1. The number of carbonyl (C=O) groups excluding carboxylic acids is 1. The molecule has 0 radical (unpaired) electrons. The van der Waals surface area contributed by atoms with E-state index in [9.17, 15) is 4.79 Å². The van der Waals surface area contributed by atoms with Crippen LogP contribution in [0.4, 0.5) is 5.82 Å². The molecule has 0 aliphatic carbocycles. The second-order valence-corrected chi connectivity index (χ2v) is 4.44. The second kappa shape index (κ2) is 9.71. The first kappa shape index (κ1) is 16.9. The van der Waals surface area contributed by atoms with Gasteiger partial charge in [-0.3, -0.25) is 9.79 Å². The fraction of sp³-hybridized carbons (Fsp3) is 0.500. The molecule has 0 atom stereocenters. The third-order valence-electron chi connectivity index (χ3n) is 2.65. The van der Waals surface area contributed by atoms with Gasteiger partial charge in [0.2, 0.25) is 5.91 Å². The number of hydrogen-bond acceptors (Lipinski definition) is 4. The van der Waals surface area contributed by atoms with E-state index >= 15 is 0 Å². The molecule has 0 aromatic carbocycles. The molecule has 1 rings (SSSR count). The lowest BCUT2D eigenvalue weighted by molar-refractivity contribution is -0.116. The average Bonchev–Trinajstić information content (AvgIpc) is 2.48. The van der Waals surface area contributed by atoms with Crippen molar-refractivity contribution in [3.63, 3.8) is 0 Å². The molecular weight excluding hydrogens is 270 g/mol. The first-order valence-electron chi connectivity index (χ1n) is 6.81. The Balaban J connectivity index is 2.24. The second-order valence-electron chi connectivity index (χ2n) is 4.44. The van der Waals surface area contributed by atoms with Crippen molar-refractivity contribution in [3.8, 4) is 0 Å². The SMILES string of the molecule is CN=C(NCCOC)NCCC(=O)Nc1ccc(C)cn1. The predicted molar refractivity (Wildman–Crippen MR) is 83.5 cm³/mol. The van der Waals surface area contributed by atoms with Crippen LogP contribution in [-0.4, -0.2) is 50.7 Å². The van der Waals surface area contributed by atoms with Crippen LogP contribution in [0.1, 0.15) is 12.0 Å². The van der Waals surface area contributed by atoms with Crippen LogP contribution in [0.5, 0.6) is 0 Å². The maximum absolute atomic E-state index is 11.8. The van der Waals surface area contributed by atoms with Gasteiger partial charge in [0.1, 0.15) is 5.82 Å². The van der Waals surface area contributed by atoms with Gasteiger partial charge in [-0.25, -0.2) is 4.98 Å². The van der Waals surface area contributed by atoms with Gasteiger partial charge in [-0.2, -0.15) is 0 Å². The topological polar surface area (TPSA) is 87.6 Å². The molecule has 116 valence electrons. The van der Waals surface area contributed by atoms with E-state index in [1.54, 1.807) is 26.4 Å². The zero-order valence-corrected chi connectivity index (χ0v) is 12.8. The highest BCUT2D eigenvalue weighted by molar-refractivity contribution is 5.90. The van der Waals surface area contributed by atoms with Crippen LogP contribution >= 0.6 is 0 Å². The highest BCUT2D eigenvalue weighted by Crippen LogP contribution is 2.03. The van der Waals surface area contributed by atoms with Crippen molar-refractivity contribution in [2.24, 2.45) is 4.99 Å². The van der Waals surface area contributed by atoms with E-state index in [1.807, 2.05) is 13.0 Å². The molecule has 0 fully saturated rings. The first-order valence-corrected chi connectivity index (χ1v) is 6.81. The molecule has 1 aromatic rings. The number of pyridine rings is 1. The van der Waals surface area contributed by atoms with Crippen LogP contribution in [0.15, 0.2) is 23.3 Å². The number of aryl methyl sites for hydroxylation is 1. The Morgan fingerprint density at radius 1 is 1.33 bits per heavy atom. The van der Waals surface area contributed by atoms with Crippen LogP contribution in [0, 0.1) is 6.92 Å². The summed E-state index contributed by atoms with van der Waals surface area (Å²) < 4.78 is 4.94. The van der Waals surface area contributed by atoms with Gasteiger partial charge in [0.25, 0.3) is 0 Å². The smallest absolute Gasteiger partial charge is 0.227 e. The molecule has 0 unspecified atom stereocenters. The number of anilines is 1. The standard InChI is InChI=1S/C14H23N5O2/c1-11-4-5-12(18-10-11)19-13(20)6-7-16-14(15-2)17-8-9-21-3/h4-5,10H,6-9H2,1-3H3,(H2,15,16,17)(H,18,19,20). The summed E-state index contributed by atoms with van der Waals surface area (Å²) in [5, 5.41) is 8.87. The Labute approximate surface area is 125 Å².